The zero-order valence-corrected chi connectivity index (χ0v) is 20.8. The molecule has 3 aliphatic heterocycles. The highest BCUT2D eigenvalue weighted by Gasteiger charge is 2.22. The molecule has 4 rings (SSSR count). The smallest absolute Gasteiger partial charge is 0.0366 e. The van der Waals surface area contributed by atoms with Gasteiger partial charge in [-0.2, -0.15) is 0 Å². The molecule has 0 amide bonds. The summed E-state index contributed by atoms with van der Waals surface area (Å²) in [6.45, 7) is 10.2. The third-order valence-electron chi connectivity index (χ3n) is 8.24. The van der Waals surface area contributed by atoms with Crippen LogP contribution in [0.25, 0.3) is 0 Å². The molecule has 0 bridgehead atoms. The van der Waals surface area contributed by atoms with E-state index in [2.05, 4.69) is 39.0 Å². The van der Waals surface area contributed by atoms with E-state index in [0.29, 0.717) is 0 Å². The second-order valence-corrected chi connectivity index (χ2v) is 10.9. The molecule has 3 heteroatoms. The Morgan fingerprint density at radius 2 is 1.00 bits per heavy atom. The Balaban J connectivity index is 1.20. The van der Waals surface area contributed by atoms with Gasteiger partial charge < -0.3 is 9.80 Å². The third-order valence-corrected chi connectivity index (χ3v) is 8.24. The lowest BCUT2D eigenvalue weighted by atomic mass is 9.95. The number of piperidine rings is 1. The third kappa shape index (κ3) is 8.06. The van der Waals surface area contributed by atoms with E-state index < -0.39 is 0 Å². The van der Waals surface area contributed by atoms with E-state index >= 15 is 0 Å². The summed E-state index contributed by atoms with van der Waals surface area (Å²) in [5.41, 5.74) is 2.92. The van der Waals surface area contributed by atoms with Gasteiger partial charge >= 0.3 is 0 Å². The van der Waals surface area contributed by atoms with Gasteiger partial charge in [-0.1, -0.05) is 63.5 Å². The maximum absolute atomic E-state index is 2.84. The summed E-state index contributed by atoms with van der Waals surface area (Å²) in [6, 6.07) is 9.51. The van der Waals surface area contributed by atoms with Gasteiger partial charge in [-0.05, 0) is 88.3 Å². The quantitative estimate of drug-likeness (QED) is 0.504. The van der Waals surface area contributed by atoms with Gasteiger partial charge in [0.2, 0.25) is 0 Å². The molecule has 0 aliphatic carbocycles. The van der Waals surface area contributed by atoms with Crippen molar-refractivity contribution >= 4 is 5.69 Å². The van der Waals surface area contributed by atoms with Crippen LogP contribution in [0.2, 0.25) is 0 Å². The van der Waals surface area contributed by atoms with Crippen LogP contribution in [-0.2, 0) is 6.54 Å². The molecule has 1 aromatic rings. The Morgan fingerprint density at radius 3 is 1.56 bits per heavy atom. The van der Waals surface area contributed by atoms with Gasteiger partial charge in [-0.25, -0.2) is 0 Å². The normalized spacial score (nSPS) is 24.1. The lowest BCUT2D eigenvalue weighted by molar-refractivity contribution is 0.204. The van der Waals surface area contributed by atoms with Crippen LogP contribution in [-0.4, -0.2) is 55.6 Å². The lowest BCUT2D eigenvalue weighted by Gasteiger charge is -2.36. The summed E-state index contributed by atoms with van der Waals surface area (Å²) in [6.07, 6.45) is 20.0. The second kappa shape index (κ2) is 13.6. The highest BCUT2D eigenvalue weighted by molar-refractivity contribution is 5.48. The average molecular weight is 440 g/mol. The van der Waals surface area contributed by atoms with E-state index in [4.69, 9.17) is 0 Å². The van der Waals surface area contributed by atoms with Gasteiger partial charge in [0, 0.05) is 31.9 Å². The minimum absolute atomic E-state index is 0.899. The Morgan fingerprint density at radius 1 is 0.531 bits per heavy atom. The van der Waals surface area contributed by atoms with Crippen molar-refractivity contribution in [3.05, 3.63) is 29.8 Å². The molecule has 0 spiro atoms. The predicted octanol–water partition coefficient (Wildman–Crippen LogP) is 6.72. The van der Waals surface area contributed by atoms with Crippen LogP contribution in [0.15, 0.2) is 24.3 Å². The molecule has 3 fully saturated rings. The molecule has 32 heavy (non-hydrogen) atoms. The molecule has 3 saturated heterocycles. The molecule has 0 saturated carbocycles. The molecule has 3 heterocycles. The van der Waals surface area contributed by atoms with Crippen LogP contribution in [0.1, 0.15) is 95.5 Å². The second-order valence-electron chi connectivity index (χ2n) is 10.9. The molecule has 180 valence electrons. The highest BCUT2D eigenvalue weighted by atomic mass is 15.2. The molecular weight excluding hydrogens is 390 g/mol. The Hall–Kier alpha value is -1.06. The number of hydrogen-bond acceptors (Lipinski definition) is 3. The van der Waals surface area contributed by atoms with E-state index in [0.717, 1.165) is 12.5 Å². The summed E-state index contributed by atoms with van der Waals surface area (Å²) in [4.78, 5) is 8.07. The largest absolute Gasteiger partial charge is 0.372 e. The van der Waals surface area contributed by atoms with Crippen molar-refractivity contribution in [2.45, 2.75) is 96.4 Å². The highest BCUT2D eigenvalue weighted by Crippen LogP contribution is 2.25. The fourth-order valence-electron chi connectivity index (χ4n) is 6.13. The zero-order valence-electron chi connectivity index (χ0n) is 20.8. The molecule has 0 radical (unpaired) electrons. The molecule has 1 aromatic carbocycles. The Labute approximate surface area is 198 Å². The molecule has 0 unspecified atom stereocenters. The van der Waals surface area contributed by atoms with Crippen LogP contribution in [0.3, 0.4) is 0 Å². The maximum Gasteiger partial charge on any atom is 0.0366 e. The van der Waals surface area contributed by atoms with Gasteiger partial charge in [0.15, 0.2) is 0 Å². The standard InChI is InChI=1S/C29H49N3/c1-2-4-6-8-10-20-30(19-9-7-5-3-1)26-28-17-23-32(24-18-28)29-15-13-27(14-16-29)25-31-21-11-12-22-31/h13-16,28H,1-12,17-26H2. The van der Waals surface area contributed by atoms with Crippen LogP contribution >= 0.6 is 0 Å². The number of benzene rings is 1. The van der Waals surface area contributed by atoms with Crippen molar-refractivity contribution in [1.29, 1.82) is 0 Å². The summed E-state index contributed by atoms with van der Waals surface area (Å²) in [5.74, 6) is 0.899. The van der Waals surface area contributed by atoms with E-state index in [1.54, 1.807) is 0 Å². The van der Waals surface area contributed by atoms with E-state index in [-0.39, 0.29) is 0 Å². The van der Waals surface area contributed by atoms with Crippen molar-refractivity contribution in [3.8, 4) is 0 Å². The van der Waals surface area contributed by atoms with Crippen LogP contribution in [0, 0.1) is 5.92 Å². The van der Waals surface area contributed by atoms with Crippen molar-refractivity contribution in [2.24, 2.45) is 5.92 Å². The van der Waals surface area contributed by atoms with Crippen molar-refractivity contribution < 1.29 is 0 Å². The molecule has 0 aromatic heterocycles. The van der Waals surface area contributed by atoms with E-state index in [9.17, 15) is 0 Å². The Bertz CT molecular complexity index is 600. The maximum atomic E-state index is 2.84. The SMILES string of the molecule is c1cc(N2CCC(CN3CCCCCCCCCCCC3)CC2)ccc1CN1CCCC1. The molecule has 3 aliphatic rings. The summed E-state index contributed by atoms with van der Waals surface area (Å²) >= 11 is 0. The number of likely N-dealkylation sites (tertiary alicyclic amines) is 1. The monoisotopic (exact) mass is 439 g/mol. The molecule has 3 nitrogen and oxygen atoms in total. The first kappa shape index (κ1) is 24.1. The first-order chi connectivity index (χ1) is 15.9. The topological polar surface area (TPSA) is 9.72 Å². The van der Waals surface area contributed by atoms with Crippen LogP contribution in [0.4, 0.5) is 5.69 Å². The molecule has 0 atom stereocenters. The van der Waals surface area contributed by atoms with Crippen LogP contribution in [0.5, 0.6) is 0 Å². The first-order valence-corrected chi connectivity index (χ1v) is 14.2. The molecular formula is C29H49N3. The fraction of sp³-hybridized carbons (Fsp3) is 0.793. The summed E-state index contributed by atoms with van der Waals surface area (Å²) in [7, 11) is 0. The summed E-state index contributed by atoms with van der Waals surface area (Å²) in [5, 5.41) is 0. The number of nitrogens with zero attached hydrogens (tertiary/aromatic N) is 3. The number of hydrogen-bond donors (Lipinski definition) is 0. The van der Waals surface area contributed by atoms with Gasteiger partial charge in [0.25, 0.3) is 0 Å². The van der Waals surface area contributed by atoms with Gasteiger partial charge in [-0.15, -0.1) is 0 Å². The van der Waals surface area contributed by atoms with Gasteiger partial charge in [-0.3, -0.25) is 4.90 Å². The predicted molar refractivity (Wildman–Crippen MR) is 138 cm³/mol. The van der Waals surface area contributed by atoms with Gasteiger partial charge in [0.05, 0.1) is 0 Å². The van der Waals surface area contributed by atoms with E-state index in [1.807, 2.05) is 0 Å². The Kier molecular flexibility index (Phi) is 10.2. The fourth-order valence-corrected chi connectivity index (χ4v) is 6.13. The number of rotatable bonds is 5. The van der Waals surface area contributed by atoms with Crippen molar-refractivity contribution in [1.82, 2.24) is 9.80 Å². The van der Waals surface area contributed by atoms with Crippen molar-refractivity contribution in [2.75, 3.05) is 50.7 Å². The minimum atomic E-state index is 0.899. The average Bonchev–Trinajstić information content (AvgIpc) is 3.34. The van der Waals surface area contributed by atoms with Crippen molar-refractivity contribution in [3.63, 3.8) is 0 Å². The van der Waals surface area contributed by atoms with E-state index in [1.165, 1.54) is 147 Å². The van der Waals surface area contributed by atoms with Gasteiger partial charge in [0.1, 0.15) is 0 Å². The summed E-state index contributed by atoms with van der Waals surface area (Å²) < 4.78 is 0. The number of anilines is 1. The first-order valence-electron chi connectivity index (χ1n) is 14.2. The minimum Gasteiger partial charge on any atom is -0.372 e. The van der Waals surface area contributed by atoms with Crippen LogP contribution < -0.4 is 4.90 Å². The zero-order chi connectivity index (χ0) is 21.8. The lowest BCUT2D eigenvalue weighted by Crippen LogP contribution is -2.39. The molecule has 0 N–H and O–H groups in total.